The van der Waals surface area contributed by atoms with E-state index < -0.39 is 5.91 Å². The number of carbonyl (C=O) groups is 1. The molecule has 0 unspecified atom stereocenters. The van der Waals surface area contributed by atoms with Crippen molar-refractivity contribution in [1.82, 2.24) is 4.57 Å². The first-order valence-corrected chi connectivity index (χ1v) is 6.30. The molecule has 0 aliphatic carbocycles. The third-order valence-corrected chi connectivity index (χ3v) is 2.92. The van der Waals surface area contributed by atoms with Crippen LogP contribution in [-0.2, 0) is 6.54 Å². The van der Waals surface area contributed by atoms with Gasteiger partial charge in [0, 0.05) is 23.5 Å². The monoisotopic (exact) mass is 308 g/mol. The molecule has 0 aliphatic rings. The molecule has 0 fully saturated rings. The van der Waals surface area contributed by atoms with Gasteiger partial charge in [0.05, 0.1) is 5.56 Å². The number of aryl methyl sites for hydroxylation is 1. The van der Waals surface area contributed by atoms with Gasteiger partial charge < -0.3 is 16.0 Å². The number of benzene rings is 1. The van der Waals surface area contributed by atoms with Crippen LogP contribution in [-0.4, -0.2) is 16.4 Å². The van der Waals surface area contributed by atoms with Crippen LogP contribution < -0.4 is 17.0 Å². The Hall–Kier alpha value is -2.34. The van der Waals surface area contributed by atoms with Gasteiger partial charge in [0.15, 0.2) is 5.96 Å². The number of aromatic nitrogens is 1. The summed E-state index contributed by atoms with van der Waals surface area (Å²) in [5.41, 5.74) is 10.7. The summed E-state index contributed by atoms with van der Waals surface area (Å²) in [5.74, 6) is -0.849. The Morgan fingerprint density at radius 2 is 1.86 bits per heavy atom. The Balaban J connectivity index is 0.00000220. The van der Waals surface area contributed by atoms with Gasteiger partial charge in [-0.3, -0.25) is 9.59 Å². The molecule has 0 spiro atoms. The smallest absolute Gasteiger partial charge is 0.282 e. The van der Waals surface area contributed by atoms with E-state index in [-0.39, 0.29) is 23.9 Å². The third-order valence-electron chi connectivity index (χ3n) is 2.92. The molecule has 21 heavy (non-hydrogen) atoms. The maximum Gasteiger partial charge on any atom is 0.282 e. The number of carbonyl (C=O) groups excluding carboxylic acids is 1. The fourth-order valence-electron chi connectivity index (χ4n) is 2.10. The summed E-state index contributed by atoms with van der Waals surface area (Å²) in [5, 5.41) is 1.04. The number of nitrogens with two attached hydrogens (primary N) is 2. The number of aliphatic imine (C=N–C) groups is 1. The van der Waals surface area contributed by atoms with Crippen LogP contribution in [0.25, 0.3) is 10.8 Å². The number of rotatable bonds is 3. The van der Waals surface area contributed by atoms with Crippen LogP contribution in [0.1, 0.15) is 23.7 Å². The molecule has 0 saturated heterocycles. The summed E-state index contributed by atoms with van der Waals surface area (Å²) in [7, 11) is 0. The number of amides is 1. The maximum absolute atomic E-state index is 12.3. The van der Waals surface area contributed by atoms with Crippen LogP contribution in [0.2, 0.25) is 0 Å². The van der Waals surface area contributed by atoms with Gasteiger partial charge in [0.1, 0.15) is 0 Å². The van der Waals surface area contributed by atoms with Crippen molar-refractivity contribution in [3.05, 3.63) is 46.4 Å². The molecule has 6 nitrogen and oxygen atoms in total. The van der Waals surface area contributed by atoms with Crippen molar-refractivity contribution < 1.29 is 4.79 Å². The molecule has 112 valence electrons. The van der Waals surface area contributed by atoms with Crippen LogP contribution in [0.3, 0.4) is 0 Å². The Bertz CT molecular complexity index is 748. The molecule has 2 rings (SSSR count). The highest BCUT2D eigenvalue weighted by Crippen LogP contribution is 2.16. The van der Waals surface area contributed by atoms with E-state index in [9.17, 15) is 9.59 Å². The van der Waals surface area contributed by atoms with E-state index in [1.54, 1.807) is 24.3 Å². The van der Waals surface area contributed by atoms with E-state index in [0.717, 1.165) is 6.42 Å². The van der Waals surface area contributed by atoms with E-state index >= 15 is 0 Å². The topological polar surface area (TPSA) is 103 Å². The zero-order valence-electron chi connectivity index (χ0n) is 11.6. The molecule has 4 N–H and O–H groups in total. The van der Waals surface area contributed by atoms with Crippen molar-refractivity contribution >= 4 is 35.0 Å². The first kappa shape index (κ1) is 16.7. The molecule has 0 radical (unpaired) electrons. The van der Waals surface area contributed by atoms with Gasteiger partial charge in [-0.15, -0.1) is 12.4 Å². The van der Waals surface area contributed by atoms with Crippen molar-refractivity contribution in [2.75, 3.05) is 0 Å². The molecule has 2 aromatic rings. The second-order valence-corrected chi connectivity index (χ2v) is 4.43. The van der Waals surface area contributed by atoms with Gasteiger partial charge in [-0.1, -0.05) is 25.1 Å². The first-order chi connectivity index (χ1) is 9.54. The van der Waals surface area contributed by atoms with Gasteiger partial charge in [0.2, 0.25) is 0 Å². The fraction of sp³-hybridized carbons (Fsp3) is 0.214. The quantitative estimate of drug-likeness (QED) is 0.657. The van der Waals surface area contributed by atoms with E-state index in [2.05, 4.69) is 4.99 Å². The standard InChI is InChI=1S/C14H16N4O2.ClH/c1-2-7-18-8-11(12(19)17-14(15)16)9-5-3-4-6-10(9)13(18)20;/h3-6,8H,2,7H2,1H3,(H4,15,16,17,19);1H. The highest BCUT2D eigenvalue weighted by atomic mass is 35.5. The molecular formula is C14H17ClN4O2. The SMILES string of the molecule is CCCn1cc(C(=O)N=C(N)N)c2ccccc2c1=O.Cl. The van der Waals surface area contributed by atoms with Gasteiger partial charge in [-0.2, -0.15) is 4.99 Å². The summed E-state index contributed by atoms with van der Waals surface area (Å²) in [4.78, 5) is 27.9. The fourth-order valence-corrected chi connectivity index (χ4v) is 2.10. The van der Waals surface area contributed by atoms with Crippen LogP contribution >= 0.6 is 12.4 Å². The molecule has 0 atom stereocenters. The second-order valence-electron chi connectivity index (χ2n) is 4.43. The summed E-state index contributed by atoms with van der Waals surface area (Å²) >= 11 is 0. The highest BCUT2D eigenvalue weighted by Gasteiger charge is 2.14. The maximum atomic E-state index is 12.3. The summed E-state index contributed by atoms with van der Waals surface area (Å²) in [6.07, 6.45) is 2.30. The lowest BCUT2D eigenvalue weighted by Crippen LogP contribution is -2.25. The lowest BCUT2D eigenvalue weighted by atomic mass is 10.1. The predicted molar refractivity (Wildman–Crippen MR) is 85.9 cm³/mol. The Labute approximate surface area is 127 Å². The molecule has 0 saturated carbocycles. The minimum Gasteiger partial charge on any atom is -0.370 e. The average molecular weight is 309 g/mol. The lowest BCUT2D eigenvalue weighted by molar-refractivity contribution is 0.100. The number of fused-ring (bicyclic) bond motifs is 1. The van der Waals surface area contributed by atoms with Crippen molar-refractivity contribution in [1.29, 1.82) is 0 Å². The van der Waals surface area contributed by atoms with E-state index in [4.69, 9.17) is 11.5 Å². The number of hydrogen-bond donors (Lipinski definition) is 2. The number of guanidine groups is 1. The summed E-state index contributed by atoms with van der Waals surface area (Å²) < 4.78 is 1.51. The average Bonchev–Trinajstić information content (AvgIpc) is 2.41. The van der Waals surface area contributed by atoms with E-state index in [1.807, 2.05) is 6.92 Å². The van der Waals surface area contributed by atoms with Gasteiger partial charge in [-0.05, 0) is 12.5 Å². The molecule has 7 heteroatoms. The lowest BCUT2D eigenvalue weighted by Gasteiger charge is -2.09. The zero-order valence-corrected chi connectivity index (χ0v) is 12.4. The Morgan fingerprint density at radius 1 is 1.24 bits per heavy atom. The molecule has 1 aromatic heterocycles. The van der Waals surface area contributed by atoms with E-state index in [0.29, 0.717) is 22.9 Å². The molecule has 1 amide bonds. The third kappa shape index (κ3) is 3.41. The zero-order chi connectivity index (χ0) is 14.7. The van der Waals surface area contributed by atoms with Gasteiger partial charge in [0.25, 0.3) is 11.5 Å². The largest absolute Gasteiger partial charge is 0.370 e. The molecule has 0 aliphatic heterocycles. The van der Waals surface area contributed by atoms with Gasteiger partial charge >= 0.3 is 0 Å². The number of nitrogens with zero attached hydrogens (tertiary/aromatic N) is 2. The Kier molecular flexibility index (Phi) is 5.49. The van der Waals surface area contributed by atoms with Crippen LogP contribution in [0.4, 0.5) is 0 Å². The minimum absolute atomic E-state index is 0. The minimum atomic E-state index is -0.550. The number of halogens is 1. The highest BCUT2D eigenvalue weighted by molar-refractivity contribution is 6.10. The van der Waals surface area contributed by atoms with Crippen molar-refractivity contribution in [3.8, 4) is 0 Å². The molecule has 1 aromatic carbocycles. The molecule has 1 heterocycles. The van der Waals surface area contributed by atoms with Crippen molar-refractivity contribution in [2.45, 2.75) is 19.9 Å². The molecule has 0 bridgehead atoms. The Morgan fingerprint density at radius 3 is 2.43 bits per heavy atom. The van der Waals surface area contributed by atoms with Crippen LogP contribution in [0.15, 0.2) is 40.2 Å². The van der Waals surface area contributed by atoms with Gasteiger partial charge in [-0.25, -0.2) is 0 Å². The number of hydrogen-bond acceptors (Lipinski definition) is 2. The summed E-state index contributed by atoms with van der Waals surface area (Å²) in [6.45, 7) is 2.49. The van der Waals surface area contributed by atoms with Crippen molar-refractivity contribution in [3.63, 3.8) is 0 Å². The predicted octanol–water partition coefficient (Wildman–Crippen LogP) is 1.25. The normalized spacial score (nSPS) is 9.95. The number of pyridine rings is 1. The summed E-state index contributed by atoms with van der Waals surface area (Å²) in [6, 6.07) is 6.92. The first-order valence-electron chi connectivity index (χ1n) is 6.30. The van der Waals surface area contributed by atoms with E-state index in [1.165, 1.54) is 10.8 Å². The molecular weight excluding hydrogens is 292 g/mol. The van der Waals surface area contributed by atoms with Crippen LogP contribution in [0.5, 0.6) is 0 Å². The van der Waals surface area contributed by atoms with Crippen LogP contribution in [0, 0.1) is 0 Å². The van der Waals surface area contributed by atoms with Crippen molar-refractivity contribution in [2.24, 2.45) is 16.5 Å². The second kappa shape index (κ2) is 6.90.